The minimum absolute atomic E-state index is 0.473. The number of benzene rings is 1. The van der Waals surface area contributed by atoms with E-state index in [1.54, 1.807) is 27.4 Å². The van der Waals surface area contributed by atoms with E-state index < -0.39 is 0 Å². The normalized spacial score (nSPS) is 9.90. The van der Waals surface area contributed by atoms with Crippen LogP contribution in [0, 0.1) is 11.3 Å². The van der Waals surface area contributed by atoms with Crippen LogP contribution in [0.1, 0.15) is 4.88 Å². The molecule has 6 heteroatoms. The summed E-state index contributed by atoms with van der Waals surface area (Å²) in [6.07, 6.45) is 0. The SMILES string of the molecule is COc1cc(-c2cc(N)c(C#N)s2)cc(OC)c1OC. The Morgan fingerprint density at radius 3 is 2.05 bits per heavy atom. The maximum atomic E-state index is 8.97. The lowest BCUT2D eigenvalue weighted by Crippen LogP contribution is -1.95. The Balaban J connectivity index is 2.59. The van der Waals surface area contributed by atoms with Crippen LogP contribution in [0.25, 0.3) is 10.4 Å². The molecule has 0 aliphatic carbocycles. The standard InChI is InChI=1S/C14H14N2O3S/c1-17-10-4-8(5-11(18-2)14(10)19-3)12-6-9(16)13(7-15)20-12/h4-6H,16H2,1-3H3. The van der Waals surface area contributed by atoms with Gasteiger partial charge in [-0.3, -0.25) is 0 Å². The fraction of sp³-hybridized carbons (Fsp3) is 0.214. The summed E-state index contributed by atoms with van der Waals surface area (Å²) in [5, 5.41) is 8.97. The van der Waals surface area contributed by atoms with Crippen LogP contribution in [-0.2, 0) is 0 Å². The van der Waals surface area contributed by atoms with E-state index in [1.165, 1.54) is 11.3 Å². The lowest BCUT2D eigenvalue weighted by atomic mass is 10.1. The van der Waals surface area contributed by atoms with E-state index >= 15 is 0 Å². The van der Waals surface area contributed by atoms with Crippen LogP contribution < -0.4 is 19.9 Å². The Hall–Kier alpha value is -2.39. The zero-order valence-electron chi connectivity index (χ0n) is 11.4. The van der Waals surface area contributed by atoms with Crippen molar-refractivity contribution < 1.29 is 14.2 Å². The molecular weight excluding hydrogens is 276 g/mol. The molecule has 0 aliphatic rings. The van der Waals surface area contributed by atoms with Gasteiger partial charge < -0.3 is 19.9 Å². The molecule has 2 rings (SSSR count). The van der Waals surface area contributed by atoms with Gasteiger partial charge in [-0.2, -0.15) is 5.26 Å². The van der Waals surface area contributed by atoms with E-state index in [2.05, 4.69) is 6.07 Å². The Kier molecular flexibility index (Phi) is 4.01. The second kappa shape index (κ2) is 5.72. The van der Waals surface area contributed by atoms with Gasteiger partial charge >= 0.3 is 0 Å². The predicted molar refractivity (Wildman–Crippen MR) is 78.5 cm³/mol. The molecule has 20 heavy (non-hydrogen) atoms. The number of nitrogens with zero attached hydrogens (tertiary/aromatic N) is 1. The summed E-state index contributed by atoms with van der Waals surface area (Å²) in [5.74, 6) is 1.66. The van der Waals surface area contributed by atoms with Crippen LogP contribution in [0.4, 0.5) is 5.69 Å². The summed E-state index contributed by atoms with van der Waals surface area (Å²) >= 11 is 1.33. The van der Waals surface area contributed by atoms with E-state index in [9.17, 15) is 0 Å². The Labute approximate surface area is 121 Å². The number of methoxy groups -OCH3 is 3. The summed E-state index contributed by atoms with van der Waals surface area (Å²) in [4.78, 5) is 1.37. The number of nitriles is 1. The van der Waals surface area contributed by atoms with Crippen molar-refractivity contribution in [2.45, 2.75) is 0 Å². The number of rotatable bonds is 4. The van der Waals surface area contributed by atoms with Gasteiger partial charge in [-0.1, -0.05) is 0 Å². The summed E-state index contributed by atoms with van der Waals surface area (Å²) in [6.45, 7) is 0. The van der Waals surface area contributed by atoms with Crippen LogP contribution in [-0.4, -0.2) is 21.3 Å². The number of thiophene rings is 1. The lowest BCUT2D eigenvalue weighted by molar-refractivity contribution is 0.324. The molecule has 0 saturated heterocycles. The molecule has 5 nitrogen and oxygen atoms in total. The molecule has 0 aliphatic heterocycles. The second-order valence-corrected chi connectivity index (χ2v) is 4.97. The number of ether oxygens (including phenoxy) is 3. The molecule has 0 atom stereocenters. The first-order valence-electron chi connectivity index (χ1n) is 5.74. The van der Waals surface area contributed by atoms with Gasteiger partial charge in [-0.25, -0.2) is 0 Å². The van der Waals surface area contributed by atoms with Crippen LogP contribution in [0.5, 0.6) is 17.2 Å². The first-order chi connectivity index (χ1) is 9.64. The highest BCUT2D eigenvalue weighted by Gasteiger charge is 2.16. The third kappa shape index (κ3) is 2.36. The van der Waals surface area contributed by atoms with Crippen molar-refractivity contribution in [1.29, 1.82) is 5.26 Å². The average molecular weight is 290 g/mol. The van der Waals surface area contributed by atoms with Gasteiger partial charge in [0.2, 0.25) is 5.75 Å². The van der Waals surface area contributed by atoms with E-state index in [4.69, 9.17) is 25.2 Å². The number of nitrogens with two attached hydrogens (primary N) is 1. The molecule has 1 aromatic carbocycles. The maximum Gasteiger partial charge on any atom is 0.203 e. The first kappa shape index (κ1) is 14.0. The lowest BCUT2D eigenvalue weighted by Gasteiger charge is -2.13. The Morgan fingerprint density at radius 1 is 1.05 bits per heavy atom. The molecule has 1 heterocycles. The smallest absolute Gasteiger partial charge is 0.203 e. The van der Waals surface area contributed by atoms with Crippen LogP contribution >= 0.6 is 11.3 Å². The molecule has 2 N–H and O–H groups in total. The number of hydrogen-bond acceptors (Lipinski definition) is 6. The van der Waals surface area contributed by atoms with Gasteiger partial charge in [0.15, 0.2) is 11.5 Å². The highest BCUT2D eigenvalue weighted by atomic mass is 32.1. The largest absolute Gasteiger partial charge is 0.493 e. The van der Waals surface area contributed by atoms with E-state index in [-0.39, 0.29) is 0 Å². The first-order valence-corrected chi connectivity index (χ1v) is 6.56. The molecule has 0 amide bonds. The Bertz CT molecular complexity index is 649. The number of hydrogen-bond donors (Lipinski definition) is 1. The fourth-order valence-corrected chi connectivity index (χ4v) is 2.72. The van der Waals surface area contributed by atoms with Gasteiger partial charge in [0.05, 0.1) is 27.0 Å². The molecule has 104 valence electrons. The minimum atomic E-state index is 0.473. The van der Waals surface area contributed by atoms with E-state index in [0.717, 1.165) is 10.4 Å². The Morgan fingerprint density at radius 2 is 1.65 bits per heavy atom. The summed E-state index contributed by atoms with van der Waals surface area (Å²) in [7, 11) is 4.67. The van der Waals surface area contributed by atoms with E-state index in [1.807, 2.05) is 12.1 Å². The second-order valence-electron chi connectivity index (χ2n) is 3.92. The monoisotopic (exact) mass is 290 g/mol. The molecule has 0 bridgehead atoms. The third-order valence-corrected chi connectivity index (χ3v) is 3.92. The third-order valence-electron chi connectivity index (χ3n) is 2.81. The molecule has 0 fully saturated rings. The van der Waals surface area contributed by atoms with Crippen LogP contribution in [0.15, 0.2) is 18.2 Å². The summed E-state index contributed by atoms with van der Waals surface area (Å²) in [5.41, 5.74) is 7.12. The highest BCUT2D eigenvalue weighted by Crippen LogP contribution is 2.43. The predicted octanol–water partition coefficient (Wildman–Crippen LogP) is 2.89. The van der Waals surface area contributed by atoms with Gasteiger partial charge in [0.25, 0.3) is 0 Å². The topological polar surface area (TPSA) is 77.5 Å². The van der Waals surface area contributed by atoms with Crippen molar-refractivity contribution >= 4 is 17.0 Å². The molecule has 0 saturated carbocycles. The quantitative estimate of drug-likeness (QED) is 0.936. The average Bonchev–Trinajstić information content (AvgIpc) is 2.86. The zero-order chi connectivity index (χ0) is 14.7. The molecule has 0 spiro atoms. The molecule has 2 aromatic rings. The molecule has 1 aromatic heterocycles. The highest BCUT2D eigenvalue weighted by molar-refractivity contribution is 7.16. The minimum Gasteiger partial charge on any atom is -0.493 e. The van der Waals surface area contributed by atoms with Crippen LogP contribution in [0.2, 0.25) is 0 Å². The van der Waals surface area contributed by atoms with Crippen molar-refractivity contribution in [3.8, 4) is 33.8 Å². The van der Waals surface area contributed by atoms with Gasteiger partial charge in [0.1, 0.15) is 10.9 Å². The number of nitrogen functional groups attached to an aromatic ring is 1. The van der Waals surface area contributed by atoms with Crippen molar-refractivity contribution in [1.82, 2.24) is 0 Å². The molecular formula is C14H14N2O3S. The van der Waals surface area contributed by atoms with Gasteiger partial charge in [0, 0.05) is 4.88 Å². The summed E-state index contributed by atoms with van der Waals surface area (Å²) < 4.78 is 15.9. The van der Waals surface area contributed by atoms with Crippen molar-refractivity contribution in [2.75, 3.05) is 27.1 Å². The molecule has 0 unspecified atom stereocenters. The zero-order valence-corrected chi connectivity index (χ0v) is 12.2. The molecule has 0 radical (unpaired) electrons. The van der Waals surface area contributed by atoms with Crippen LogP contribution in [0.3, 0.4) is 0 Å². The van der Waals surface area contributed by atoms with Gasteiger partial charge in [-0.15, -0.1) is 11.3 Å². The van der Waals surface area contributed by atoms with Gasteiger partial charge in [-0.05, 0) is 23.8 Å². The fourth-order valence-electron chi connectivity index (χ4n) is 1.86. The van der Waals surface area contributed by atoms with E-state index in [0.29, 0.717) is 27.8 Å². The van der Waals surface area contributed by atoms with Crippen molar-refractivity contribution in [3.05, 3.63) is 23.1 Å². The van der Waals surface area contributed by atoms with Crippen molar-refractivity contribution in [2.24, 2.45) is 0 Å². The van der Waals surface area contributed by atoms with Crippen molar-refractivity contribution in [3.63, 3.8) is 0 Å². The number of anilines is 1. The summed E-state index contributed by atoms with van der Waals surface area (Å²) in [6, 6.07) is 7.49. The maximum absolute atomic E-state index is 8.97.